The van der Waals surface area contributed by atoms with Crippen molar-refractivity contribution < 1.29 is 9.53 Å². The quantitative estimate of drug-likeness (QED) is 0.796. The zero-order chi connectivity index (χ0) is 12.9. The normalized spacial score (nSPS) is 14.1. The van der Waals surface area contributed by atoms with Crippen LogP contribution in [0.5, 0.6) is 0 Å². The van der Waals surface area contributed by atoms with Crippen molar-refractivity contribution in [2.24, 2.45) is 5.73 Å². The van der Waals surface area contributed by atoms with Crippen LogP contribution in [-0.4, -0.2) is 19.6 Å². The van der Waals surface area contributed by atoms with Gasteiger partial charge in [-0.3, -0.25) is 4.79 Å². The van der Waals surface area contributed by atoms with E-state index in [0.29, 0.717) is 6.42 Å². The number of methoxy groups -OCH3 is 1. The summed E-state index contributed by atoms with van der Waals surface area (Å²) in [5.74, 6) is -0.243. The summed E-state index contributed by atoms with van der Waals surface area (Å²) < 4.78 is 4.93. The van der Waals surface area contributed by atoms with Gasteiger partial charge in [0.25, 0.3) is 0 Å². The third-order valence-corrected chi connectivity index (χ3v) is 3.17. The molecule has 1 aromatic rings. The smallest absolute Gasteiger partial charge is 0.317 e. The molecule has 0 amide bonds. The second-order valence-electron chi connectivity index (χ2n) is 4.40. The van der Waals surface area contributed by atoms with E-state index < -0.39 is 5.41 Å². The Labute approximate surface area is 103 Å². The van der Waals surface area contributed by atoms with Crippen molar-refractivity contribution in [3.05, 3.63) is 35.4 Å². The fraction of sp³-hybridized carbons (Fsp3) is 0.500. The molecule has 0 fully saturated rings. The highest BCUT2D eigenvalue weighted by atomic mass is 16.5. The van der Waals surface area contributed by atoms with E-state index in [4.69, 9.17) is 10.5 Å². The van der Waals surface area contributed by atoms with Crippen molar-refractivity contribution in [2.45, 2.75) is 32.1 Å². The van der Waals surface area contributed by atoms with E-state index in [2.05, 4.69) is 0 Å². The van der Waals surface area contributed by atoms with Gasteiger partial charge in [0.05, 0.1) is 7.11 Å². The molecule has 0 aliphatic carbocycles. The minimum absolute atomic E-state index is 0.243. The highest BCUT2D eigenvalue weighted by Gasteiger charge is 2.39. The molecule has 0 saturated carbocycles. The molecule has 17 heavy (non-hydrogen) atoms. The summed E-state index contributed by atoms with van der Waals surface area (Å²) in [4.78, 5) is 12.1. The van der Waals surface area contributed by atoms with Crippen molar-refractivity contribution in [2.75, 3.05) is 13.7 Å². The standard InChI is InChI=1S/C14H21NO2/c1-4-8-14(10-15,13(16)17-3)12-7-5-6-11(2)9-12/h5-7,9H,4,8,10,15H2,1-3H3. The van der Waals surface area contributed by atoms with Crippen LogP contribution in [0.25, 0.3) is 0 Å². The molecule has 1 unspecified atom stereocenters. The lowest BCUT2D eigenvalue weighted by molar-refractivity contribution is -0.147. The third-order valence-electron chi connectivity index (χ3n) is 3.17. The average Bonchev–Trinajstić information content (AvgIpc) is 2.35. The first-order valence-electron chi connectivity index (χ1n) is 5.96. The van der Waals surface area contributed by atoms with E-state index in [-0.39, 0.29) is 12.5 Å². The van der Waals surface area contributed by atoms with E-state index >= 15 is 0 Å². The second-order valence-corrected chi connectivity index (χ2v) is 4.40. The van der Waals surface area contributed by atoms with Crippen molar-refractivity contribution >= 4 is 5.97 Å². The zero-order valence-corrected chi connectivity index (χ0v) is 10.8. The minimum atomic E-state index is -0.699. The fourth-order valence-corrected chi connectivity index (χ4v) is 2.23. The predicted octanol–water partition coefficient (Wildman–Crippen LogP) is 2.16. The summed E-state index contributed by atoms with van der Waals surface area (Å²) in [5.41, 5.74) is 7.23. The number of hydrogen-bond acceptors (Lipinski definition) is 3. The number of aryl methyl sites for hydroxylation is 1. The highest BCUT2D eigenvalue weighted by Crippen LogP contribution is 2.30. The van der Waals surface area contributed by atoms with Crippen LogP contribution in [0.2, 0.25) is 0 Å². The fourth-order valence-electron chi connectivity index (χ4n) is 2.23. The Morgan fingerprint density at radius 2 is 2.18 bits per heavy atom. The van der Waals surface area contributed by atoms with Crippen LogP contribution in [0.15, 0.2) is 24.3 Å². The topological polar surface area (TPSA) is 52.3 Å². The summed E-state index contributed by atoms with van der Waals surface area (Å²) in [6.45, 7) is 4.33. The SMILES string of the molecule is CCCC(CN)(C(=O)OC)c1cccc(C)c1. The lowest BCUT2D eigenvalue weighted by Gasteiger charge is -2.30. The van der Waals surface area contributed by atoms with Gasteiger partial charge in [0.15, 0.2) is 0 Å². The van der Waals surface area contributed by atoms with E-state index in [1.807, 2.05) is 38.1 Å². The second kappa shape index (κ2) is 5.82. The number of rotatable bonds is 5. The highest BCUT2D eigenvalue weighted by molar-refractivity contribution is 5.83. The molecule has 1 aromatic carbocycles. The average molecular weight is 235 g/mol. The van der Waals surface area contributed by atoms with Gasteiger partial charge in [-0.2, -0.15) is 0 Å². The molecule has 0 aromatic heterocycles. The first-order valence-corrected chi connectivity index (χ1v) is 5.96. The Hall–Kier alpha value is -1.35. The summed E-state index contributed by atoms with van der Waals surface area (Å²) in [7, 11) is 1.41. The Kier molecular flexibility index (Phi) is 4.70. The Morgan fingerprint density at radius 1 is 1.47 bits per heavy atom. The van der Waals surface area contributed by atoms with Crippen LogP contribution in [0.4, 0.5) is 0 Å². The minimum Gasteiger partial charge on any atom is -0.468 e. The Bertz CT molecular complexity index is 390. The van der Waals surface area contributed by atoms with E-state index in [0.717, 1.165) is 17.5 Å². The molecule has 0 aliphatic heterocycles. The predicted molar refractivity (Wildman–Crippen MR) is 68.8 cm³/mol. The van der Waals surface area contributed by atoms with Gasteiger partial charge >= 0.3 is 5.97 Å². The molecule has 0 radical (unpaired) electrons. The molecule has 0 spiro atoms. The number of carbonyl (C=O) groups excluding carboxylic acids is 1. The van der Waals surface area contributed by atoms with Gasteiger partial charge < -0.3 is 10.5 Å². The van der Waals surface area contributed by atoms with Gasteiger partial charge in [0.1, 0.15) is 5.41 Å². The molecule has 3 heteroatoms. The van der Waals surface area contributed by atoms with E-state index in [1.54, 1.807) is 0 Å². The summed E-state index contributed by atoms with van der Waals surface area (Å²) >= 11 is 0. The number of ether oxygens (including phenoxy) is 1. The number of hydrogen-bond donors (Lipinski definition) is 1. The molecular formula is C14H21NO2. The van der Waals surface area contributed by atoms with E-state index in [9.17, 15) is 4.79 Å². The number of benzene rings is 1. The molecule has 0 bridgehead atoms. The maximum atomic E-state index is 12.1. The van der Waals surface area contributed by atoms with Gasteiger partial charge in [-0.05, 0) is 18.9 Å². The van der Waals surface area contributed by atoms with Gasteiger partial charge in [0.2, 0.25) is 0 Å². The zero-order valence-electron chi connectivity index (χ0n) is 10.8. The first kappa shape index (κ1) is 13.7. The first-order chi connectivity index (χ1) is 8.10. The van der Waals surface area contributed by atoms with Crippen LogP contribution >= 0.6 is 0 Å². The maximum absolute atomic E-state index is 12.1. The van der Waals surface area contributed by atoms with Gasteiger partial charge in [-0.1, -0.05) is 43.2 Å². The summed E-state index contributed by atoms with van der Waals surface area (Å²) in [6.07, 6.45) is 1.60. The van der Waals surface area contributed by atoms with Gasteiger partial charge in [-0.15, -0.1) is 0 Å². The van der Waals surface area contributed by atoms with Crippen LogP contribution in [0, 0.1) is 6.92 Å². The van der Waals surface area contributed by atoms with Crippen molar-refractivity contribution in [1.82, 2.24) is 0 Å². The molecule has 3 nitrogen and oxygen atoms in total. The monoisotopic (exact) mass is 235 g/mol. The largest absolute Gasteiger partial charge is 0.468 e. The van der Waals surface area contributed by atoms with Crippen molar-refractivity contribution in [1.29, 1.82) is 0 Å². The third kappa shape index (κ3) is 2.67. The number of nitrogens with two attached hydrogens (primary N) is 1. The lowest BCUT2D eigenvalue weighted by atomic mass is 9.76. The molecule has 2 N–H and O–H groups in total. The van der Waals surface area contributed by atoms with Crippen LogP contribution in [-0.2, 0) is 14.9 Å². The maximum Gasteiger partial charge on any atom is 0.317 e. The molecule has 94 valence electrons. The lowest BCUT2D eigenvalue weighted by Crippen LogP contribution is -2.43. The van der Waals surface area contributed by atoms with Gasteiger partial charge in [0, 0.05) is 6.54 Å². The Balaban J connectivity index is 3.25. The summed E-state index contributed by atoms with van der Waals surface area (Å²) in [5, 5.41) is 0. The molecule has 1 atom stereocenters. The number of esters is 1. The van der Waals surface area contributed by atoms with Crippen LogP contribution in [0.1, 0.15) is 30.9 Å². The van der Waals surface area contributed by atoms with Gasteiger partial charge in [-0.25, -0.2) is 0 Å². The molecule has 0 saturated heterocycles. The molecule has 0 heterocycles. The Morgan fingerprint density at radius 3 is 2.65 bits per heavy atom. The van der Waals surface area contributed by atoms with Crippen LogP contribution in [0.3, 0.4) is 0 Å². The summed E-state index contributed by atoms with van der Waals surface area (Å²) in [6, 6.07) is 7.92. The van der Waals surface area contributed by atoms with Crippen LogP contribution < -0.4 is 5.73 Å². The van der Waals surface area contributed by atoms with E-state index in [1.165, 1.54) is 7.11 Å². The van der Waals surface area contributed by atoms with Crippen molar-refractivity contribution in [3.63, 3.8) is 0 Å². The molecule has 1 rings (SSSR count). The molecule has 0 aliphatic rings. The molecular weight excluding hydrogens is 214 g/mol. The van der Waals surface area contributed by atoms with Crippen molar-refractivity contribution in [3.8, 4) is 0 Å². The number of carbonyl (C=O) groups is 1.